The predicted octanol–water partition coefficient (Wildman–Crippen LogP) is 5.27. The zero-order valence-electron chi connectivity index (χ0n) is 21.6. The first-order chi connectivity index (χ1) is 17.1. The highest BCUT2D eigenvalue weighted by atomic mass is 19.1. The molecule has 0 bridgehead atoms. The van der Waals surface area contributed by atoms with Crippen LogP contribution in [0.3, 0.4) is 0 Å². The number of nitrogens with zero attached hydrogens (tertiary/aromatic N) is 4. The van der Waals surface area contributed by atoms with Crippen molar-refractivity contribution < 1.29 is 16.7 Å². The number of amides is 1. The van der Waals surface area contributed by atoms with Gasteiger partial charge in [-0.15, -0.1) is 0 Å². The lowest BCUT2D eigenvalue weighted by atomic mass is 9.97. The number of fused-ring (bicyclic) bond motifs is 2. The van der Waals surface area contributed by atoms with Gasteiger partial charge in [-0.25, -0.2) is 4.39 Å². The molecule has 4 aromatic rings. The lowest BCUT2D eigenvalue weighted by Gasteiger charge is -2.21. The van der Waals surface area contributed by atoms with Crippen molar-refractivity contribution in [3.05, 3.63) is 77.0 Å². The Bertz CT molecular complexity index is 1500. The number of carbonyl (C=O) groups is 1. The van der Waals surface area contributed by atoms with Crippen LogP contribution in [-0.2, 0) is 20.1 Å². The minimum Gasteiger partial charge on any atom is -0.493 e. The molecule has 7 heteroatoms. The monoisotopic (exact) mass is 460 g/mol. The van der Waals surface area contributed by atoms with Crippen LogP contribution in [0.5, 0.6) is 5.75 Å². The molecular formula is C27H27FN4O2. The Morgan fingerprint density at radius 3 is 2.82 bits per heavy atom. The number of rotatable bonds is 6. The predicted molar refractivity (Wildman–Crippen MR) is 129 cm³/mol. The van der Waals surface area contributed by atoms with Crippen molar-refractivity contribution in [2.45, 2.75) is 33.8 Å². The van der Waals surface area contributed by atoms with Crippen molar-refractivity contribution in [2.75, 3.05) is 6.61 Å². The van der Waals surface area contributed by atoms with Gasteiger partial charge in [-0.05, 0) is 53.8 Å². The third-order valence-electron chi connectivity index (χ3n) is 5.87. The minimum atomic E-state index is -2.17. The molecule has 3 heterocycles. The lowest BCUT2D eigenvalue weighted by molar-refractivity contribution is 0.0763. The molecule has 1 amide bonds. The molecule has 0 atom stereocenters. The number of benzene rings is 2. The Morgan fingerprint density at radius 2 is 2.06 bits per heavy atom. The third-order valence-corrected chi connectivity index (χ3v) is 5.87. The van der Waals surface area contributed by atoms with Crippen molar-refractivity contribution in [3.63, 3.8) is 0 Å². The van der Waals surface area contributed by atoms with E-state index in [-0.39, 0.29) is 35.0 Å². The molecule has 0 radical (unpaired) electrons. The second kappa shape index (κ2) is 8.56. The Morgan fingerprint density at radius 1 is 1.24 bits per heavy atom. The van der Waals surface area contributed by atoms with Crippen LogP contribution in [0.4, 0.5) is 4.39 Å². The number of halogens is 1. The van der Waals surface area contributed by atoms with E-state index >= 15 is 4.39 Å². The van der Waals surface area contributed by atoms with E-state index in [4.69, 9.17) is 7.48 Å². The van der Waals surface area contributed by atoms with Gasteiger partial charge in [0.2, 0.25) is 0 Å². The summed E-state index contributed by atoms with van der Waals surface area (Å²) in [6.45, 7) is 3.83. The Hall–Kier alpha value is -3.74. The van der Waals surface area contributed by atoms with Crippen LogP contribution < -0.4 is 4.74 Å². The van der Waals surface area contributed by atoms with Crippen LogP contribution in [0.25, 0.3) is 22.0 Å². The number of pyridine rings is 1. The summed E-state index contributed by atoms with van der Waals surface area (Å²) in [4.78, 5) is 18.1. The maximum Gasteiger partial charge on any atom is 0.256 e. The zero-order chi connectivity index (χ0) is 25.8. The van der Waals surface area contributed by atoms with E-state index in [0.717, 1.165) is 26.9 Å². The first-order valence-corrected chi connectivity index (χ1v) is 11.2. The topological polar surface area (TPSA) is 60.2 Å². The molecule has 174 valence electrons. The van der Waals surface area contributed by atoms with Crippen molar-refractivity contribution in [3.8, 4) is 16.9 Å². The fraction of sp³-hybridized carbons (Fsp3) is 0.296. The average Bonchev–Trinajstić information content (AvgIpc) is 3.31. The van der Waals surface area contributed by atoms with Crippen LogP contribution in [-0.4, -0.2) is 32.2 Å². The molecule has 0 saturated carbocycles. The standard InChI is InChI=1S/C27H27FN4O2/c1-16(2)15-34-25-11-18(19-8-7-17(3)26-21(19)12-31(4)30-26)10-23(28)22(25)13-32-14-24-20(27(32)33)6-5-9-29-24/h5-12,16H,13-15H2,1-4H3/i14D2. The van der Waals surface area contributed by atoms with Crippen LogP contribution in [0.2, 0.25) is 0 Å². The van der Waals surface area contributed by atoms with Gasteiger partial charge in [0.15, 0.2) is 0 Å². The maximum atomic E-state index is 15.8. The molecular weight excluding hydrogens is 431 g/mol. The van der Waals surface area contributed by atoms with Gasteiger partial charge in [-0.2, -0.15) is 5.10 Å². The molecule has 6 nitrogen and oxygen atoms in total. The van der Waals surface area contributed by atoms with Gasteiger partial charge in [0.25, 0.3) is 5.91 Å². The average molecular weight is 461 g/mol. The smallest absolute Gasteiger partial charge is 0.256 e. The molecule has 34 heavy (non-hydrogen) atoms. The Balaban J connectivity index is 1.60. The minimum absolute atomic E-state index is 0.0373. The van der Waals surface area contributed by atoms with Gasteiger partial charge in [0.05, 0.1) is 39.2 Å². The summed E-state index contributed by atoms with van der Waals surface area (Å²) in [7, 11) is 1.85. The number of aryl methyl sites for hydroxylation is 2. The largest absolute Gasteiger partial charge is 0.493 e. The molecule has 0 spiro atoms. The summed E-state index contributed by atoms with van der Waals surface area (Å²) in [6.07, 6.45) is 3.35. The molecule has 2 aromatic heterocycles. The molecule has 2 aromatic carbocycles. The van der Waals surface area contributed by atoms with E-state index in [2.05, 4.69) is 10.1 Å². The summed E-state index contributed by atoms with van der Waals surface area (Å²) < 4.78 is 40.6. The number of ether oxygens (including phenoxy) is 1. The number of hydrogen-bond donors (Lipinski definition) is 0. The van der Waals surface area contributed by atoms with E-state index in [1.165, 1.54) is 18.3 Å². The molecule has 1 aliphatic heterocycles. The highest BCUT2D eigenvalue weighted by Gasteiger charge is 2.30. The Labute approximate surface area is 200 Å². The van der Waals surface area contributed by atoms with E-state index in [9.17, 15) is 4.79 Å². The maximum absolute atomic E-state index is 15.8. The summed E-state index contributed by atoms with van der Waals surface area (Å²) in [5.74, 6) is -0.639. The fourth-order valence-electron chi connectivity index (χ4n) is 4.17. The molecule has 5 rings (SSSR count). The lowest BCUT2D eigenvalue weighted by Crippen LogP contribution is -2.24. The van der Waals surface area contributed by atoms with Gasteiger partial charge in [0, 0.05) is 30.4 Å². The van der Waals surface area contributed by atoms with Gasteiger partial charge in [-0.3, -0.25) is 14.5 Å². The summed E-state index contributed by atoms with van der Waals surface area (Å²) in [5, 5.41) is 5.43. The molecule has 0 N–H and O–H groups in total. The number of aromatic nitrogens is 3. The van der Waals surface area contributed by atoms with Crippen LogP contribution >= 0.6 is 0 Å². The van der Waals surface area contributed by atoms with Crippen molar-refractivity contribution in [1.29, 1.82) is 0 Å². The van der Waals surface area contributed by atoms with E-state index in [1.807, 2.05) is 46.1 Å². The number of hydrogen-bond acceptors (Lipinski definition) is 4. The SMILES string of the molecule is [2H]C1([2H])c2ncccc2C(=O)N1Cc1c(F)cc(-c2ccc(C)c3nn(C)cc23)cc1OCC(C)C. The van der Waals surface area contributed by atoms with Crippen molar-refractivity contribution in [2.24, 2.45) is 13.0 Å². The molecule has 0 saturated heterocycles. The Kier molecular flexibility index (Phi) is 4.96. The van der Waals surface area contributed by atoms with Gasteiger partial charge in [-0.1, -0.05) is 26.0 Å². The highest BCUT2D eigenvalue weighted by Crippen LogP contribution is 2.36. The molecule has 0 aliphatic carbocycles. The van der Waals surface area contributed by atoms with Gasteiger partial charge in [0.1, 0.15) is 11.6 Å². The second-order valence-corrected chi connectivity index (χ2v) is 9.04. The van der Waals surface area contributed by atoms with Gasteiger partial charge < -0.3 is 9.64 Å². The van der Waals surface area contributed by atoms with E-state index < -0.39 is 18.2 Å². The second-order valence-electron chi connectivity index (χ2n) is 9.04. The summed E-state index contributed by atoms with van der Waals surface area (Å²) in [6, 6.07) is 10.2. The first kappa shape index (κ1) is 19.7. The third kappa shape index (κ3) is 3.91. The summed E-state index contributed by atoms with van der Waals surface area (Å²) in [5.41, 5.74) is 3.63. The highest BCUT2D eigenvalue weighted by molar-refractivity contribution is 5.98. The first-order valence-electron chi connectivity index (χ1n) is 12.2. The molecule has 0 unspecified atom stereocenters. The molecule has 1 aliphatic rings. The fourth-order valence-corrected chi connectivity index (χ4v) is 4.17. The van der Waals surface area contributed by atoms with Gasteiger partial charge >= 0.3 is 0 Å². The molecule has 0 fully saturated rings. The zero-order valence-corrected chi connectivity index (χ0v) is 19.6. The van der Waals surface area contributed by atoms with Crippen LogP contribution in [0.15, 0.2) is 48.8 Å². The van der Waals surface area contributed by atoms with Crippen LogP contribution in [0, 0.1) is 18.7 Å². The normalized spacial score (nSPS) is 15.6. The van der Waals surface area contributed by atoms with Crippen molar-refractivity contribution in [1.82, 2.24) is 19.7 Å². The van der Waals surface area contributed by atoms with E-state index in [1.54, 1.807) is 16.8 Å². The van der Waals surface area contributed by atoms with Crippen molar-refractivity contribution >= 4 is 16.8 Å². The van der Waals surface area contributed by atoms with E-state index in [0.29, 0.717) is 12.2 Å². The quantitative estimate of drug-likeness (QED) is 0.393. The summed E-state index contributed by atoms with van der Waals surface area (Å²) >= 11 is 0. The number of carbonyl (C=O) groups excluding carboxylic acids is 1. The van der Waals surface area contributed by atoms with Crippen LogP contribution in [0.1, 0.15) is 43.8 Å².